The minimum absolute atomic E-state index is 0.120. The molecule has 0 amide bonds. The zero-order valence-electron chi connectivity index (χ0n) is 13.3. The first kappa shape index (κ1) is 15.2. The van der Waals surface area contributed by atoms with Crippen molar-refractivity contribution in [3.8, 4) is 0 Å². The Bertz CT molecular complexity index is 1110. The number of aromatic nitrogens is 3. The molecule has 0 saturated carbocycles. The molecule has 126 valence electrons. The zero-order chi connectivity index (χ0) is 17.1. The fourth-order valence-corrected chi connectivity index (χ4v) is 4.44. The number of fused-ring (bicyclic) bond motifs is 2. The molecule has 24 heavy (non-hydrogen) atoms. The molecule has 4 rings (SSSR count). The molecule has 1 aliphatic heterocycles. The van der Waals surface area contributed by atoms with Crippen molar-refractivity contribution in [2.24, 2.45) is 14.1 Å². The number of imidazole rings is 1. The van der Waals surface area contributed by atoms with E-state index in [-0.39, 0.29) is 17.0 Å². The maximum absolute atomic E-state index is 12.9. The third kappa shape index (κ3) is 2.12. The Morgan fingerprint density at radius 2 is 2.04 bits per heavy atom. The lowest BCUT2D eigenvalue weighted by molar-refractivity contribution is 0.380. The van der Waals surface area contributed by atoms with E-state index in [1.165, 1.54) is 21.0 Å². The van der Waals surface area contributed by atoms with Crippen LogP contribution in [-0.4, -0.2) is 33.4 Å². The SMILES string of the molecule is Cn1cnc2c1CN(S(=O)(=O)c1ccc3c(c1)oc(=O)n3C)CC2. The molecule has 0 atom stereocenters. The van der Waals surface area contributed by atoms with E-state index < -0.39 is 15.8 Å². The maximum Gasteiger partial charge on any atom is 0.419 e. The lowest BCUT2D eigenvalue weighted by atomic mass is 10.2. The normalized spacial score (nSPS) is 15.8. The van der Waals surface area contributed by atoms with Crippen LogP contribution in [0, 0.1) is 0 Å². The van der Waals surface area contributed by atoms with E-state index in [4.69, 9.17) is 4.42 Å². The second kappa shape index (κ2) is 5.05. The van der Waals surface area contributed by atoms with E-state index in [0.717, 1.165) is 11.4 Å². The van der Waals surface area contributed by atoms with Crippen molar-refractivity contribution in [1.29, 1.82) is 0 Å². The highest BCUT2D eigenvalue weighted by Crippen LogP contribution is 2.26. The van der Waals surface area contributed by atoms with Crippen LogP contribution in [0.2, 0.25) is 0 Å². The van der Waals surface area contributed by atoms with Crippen molar-refractivity contribution in [2.45, 2.75) is 17.9 Å². The van der Waals surface area contributed by atoms with Gasteiger partial charge in [0.15, 0.2) is 5.58 Å². The number of hydrogen-bond acceptors (Lipinski definition) is 5. The van der Waals surface area contributed by atoms with Crippen LogP contribution < -0.4 is 5.76 Å². The highest BCUT2D eigenvalue weighted by Gasteiger charge is 2.30. The molecule has 3 aromatic rings. The molecule has 1 aliphatic rings. The Balaban J connectivity index is 1.75. The van der Waals surface area contributed by atoms with Gasteiger partial charge in [-0.2, -0.15) is 4.31 Å². The fraction of sp³-hybridized carbons (Fsp3) is 0.333. The van der Waals surface area contributed by atoms with Gasteiger partial charge < -0.3 is 8.98 Å². The first-order valence-corrected chi connectivity index (χ1v) is 8.91. The summed E-state index contributed by atoms with van der Waals surface area (Å²) in [5.41, 5.74) is 2.67. The van der Waals surface area contributed by atoms with E-state index >= 15 is 0 Å². The van der Waals surface area contributed by atoms with Crippen molar-refractivity contribution in [3.63, 3.8) is 0 Å². The van der Waals surface area contributed by atoms with Gasteiger partial charge in [0.05, 0.1) is 34.7 Å². The molecule has 0 N–H and O–H groups in total. The summed E-state index contributed by atoms with van der Waals surface area (Å²) in [5.74, 6) is -0.517. The summed E-state index contributed by atoms with van der Waals surface area (Å²) in [6.45, 7) is 0.661. The fourth-order valence-electron chi connectivity index (χ4n) is 3.02. The molecular formula is C15H16N4O4S. The van der Waals surface area contributed by atoms with Crippen LogP contribution in [0.25, 0.3) is 11.1 Å². The largest absolute Gasteiger partial charge is 0.419 e. The van der Waals surface area contributed by atoms with E-state index in [1.54, 1.807) is 19.4 Å². The summed E-state index contributed by atoms with van der Waals surface area (Å²) >= 11 is 0. The predicted octanol–water partition coefficient (Wildman–Crippen LogP) is 0.612. The number of nitrogens with zero attached hydrogens (tertiary/aromatic N) is 4. The quantitative estimate of drug-likeness (QED) is 0.677. The summed E-state index contributed by atoms with van der Waals surface area (Å²) in [5, 5.41) is 0. The molecule has 0 unspecified atom stereocenters. The molecular weight excluding hydrogens is 332 g/mol. The number of sulfonamides is 1. The molecule has 0 fully saturated rings. The molecule has 9 heteroatoms. The first-order valence-electron chi connectivity index (χ1n) is 7.47. The smallest absolute Gasteiger partial charge is 0.408 e. The van der Waals surface area contributed by atoms with E-state index in [0.29, 0.717) is 18.5 Å². The Labute approximate surface area is 138 Å². The highest BCUT2D eigenvalue weighted by atomic mass is 32.2. The van der Waals surface area contributed by atoms with Crippen molar-refractivity contribution >= 4 is 21.1 Å². The molecule has 3 heterocycles. The number of benzene rings is 1. The van der Waals surface area contributed by atoms with Gasteiger partial charge in [0, 0.05) is 33.1 Å². The van der Waals surface area contributed by atoms with Crippen LogP contribution in [0.4, 0.5) is 0 Å². The summed E-state index contributed by atoms with van der Waals surface area (Å²) in [6.07, 6.45) is 2.28. The summed E-state index contributed by atoms with van der Waals surface area (Å²) in [4.78, 5) is 16.0. The minimum atomic E-state index is -3.67. The van der Waals surface area contributed by atoms with E-state index in [1.807, 2.05) is 11.6 Å². The van der Waals surface area contributed by atoms with E-state index in [9.17, 15) is 13.2 Å². The first-order chi connectivity index (χ1) is 11.4. The topological polar surface area (TPSA) is 90.3 Å². The van der Waals surface area contributed by atoms with Crippen molar-refractivity contribution in [2.75, 3.05) is 6.54 Å². The highest BCUT2D eigenvalue weighted by molar-refractivity contribution is 7.89. The maximum atomic E-state index is 12.9. The molecule has 0 spiro atoms. The van der Waals surface area contributed by atoms with Crippen LogP contribution in [-0.2, 0) is 37.1 Å². The van der Waals surface area contributed by atoms with Gasteiger partial charge in [0.25, 0.3) is 0 Å². The molecule has 8 nitrogen and oxygen atoms in total. The Hall–Kier alpha value is -2.39. The monoisotopic (exact) mass is 348 g/mol. The molecule has 0 saturated heterocycles. The molecule has 0 radical (unpaired) electrons. The number of aryl methyl sites for hydroxylation is 2. The average Bonchev–Trinajstić information content (AvgIpc) is 3.07. The second-order valence-corrected chi connectivity index (χ2v) is 7.83. The average molecular weight is 348 g/mol. The summed E-state index contributed by atoms with van der Waals surface area (Å²) < 4.78 is 35.6. The van der Waals surface area contributed by atoms with Crippen molar-refractivity contribution in [3.05, 3.63) is 46.5 Å². The lowest BCUT2D eigenvalue weighted by Crippen LogP contribution is -2.36. The number of rotatable bonds is 2. The Morgan fingerprint density at radius 1 is 1.25 bits per heavy atom. The van der Waals surface area contributed by atoms with Gasteiger partial charge in [-0.25, -0.2) is 18.2 Å². The van der Waals surface area contributed by atoms with Gasteiger partial charge in [-0.05, 0) is 12.1 Å². The van der Waals surface area contributed by atoms with Crippen LogP contribution in [0.15, 0.2) is 38.6 Å². The van der Waals surface area contributed by atoms with E-state index in [2.05, 4.69) is 4.98 Å². The van der Waals surface area contributed by atoms with Gasteiger partial charge in [-0.15, -0.1) is 0 Å². The van der Waals surface area contributed by atoms with Gasteiger partial charge in [-0.3, -0.25) is 4.57 Å². The second-order valence-electron chi connectivity index (χ2n) is 5.89. The Morgan fingerprint density at radius 3 is 2.83 bits per heavy atom. The molecule has 2 aromatic heterocycles. The predicted molar refractivity (Wildman–Crippen MR) is 86.0 cm³/mol. The van der Waals surface area contributed by atoms with Crippen LogP contribution in [0.1, 0.15) is 11.4 Å². The van der Waals surface area contributed by atoms with Gasteiger partial charge in [0.1, 0.15) is 0 Å². The standard InChI is InChI=1S/C15H16N4O4S/c1-17-9-16-11-5-6-19(8-13(11)17)24(21,22)10-3-4-12-14(7-10)23-15(20)18(12)2/h3-4,7,9H,5-6,8H2,1-2H3. The summed E-state index contributed by atoms with van der Waals surface area (Å²) in [7, 11) is -0.239. The number of oxazole rings is 1. The van der Waals surface area contributed by atoms with Crippen molar-refractivity contribution in [1.82, 2.24) is 18.4 Å². The van der Waals surface area contributed by atoms with Gasteiger partial charge >= 0.3 is 5.76 Å². The zero-order valence-corrected chi connectivity index (χ0v) is 14.1. The van der Waals surface area contributed by atoms with Crippen LogP contribution in [0.5, 0.6) is 0 Å². The van der Waals surface area contributed by atoms with Crippen LogP contribution in [0.3, 0.4) is 0 Å². The van der Waals surface area contributed by atoms with Crippen LogP contribution >= 0.6 is 0 Å². The molecule has 0 bridgehead atoms. The third-order valence-electron chi connectivity index (χ3n) is 4.47. The molecule has 0 aliphatic carbocycles. The third-order valence-corrected chi connectivity index (χ3v) is 6.31. The Kier molecular flexibility index (Phi) is 3.19. The van der Waals surface area contributed by atoms with Gasteiger partial charge in [0.2, 0.25) is 10.0 Å². The molecule has 1 aromatic carbocycles. The lowest BCUT2D eigenvalue weighted by Gasteiger charge is -2.26. The number of hydrogen-bond donors (Lipinski definition) is 0. The van der Waals surface area contributed by atoms with Gasteiger partial charge in [-0.1, -0.05) is 0 Å². The minimum Gasteiger partial charge on any atom is -0.408 e. The summed E-state index contributed by atoms with van der Waals surface area (Å²) in [6, 6.07) is 4.50. The van der Waals surface area contributed by atoms with Crippen molar-refractivity contribution < 1.29 is 12.8 Å².